The van der Waals surface area contributed by atoms with Gasteiger partial charge in [0.05, 0.1) is 13.2 Å². The van der Waals surface area contributed by atoms with Crippen molar-refractivity contribution in [3.05, 3.63) is 11.6 Å². The first-order chi connectivity index (χ1) is 16.5. The van der Waals surface area contributed by atoms with Gasteiger partial charge in [0.15, 0.2) is 5.78 Å². The summed E-state index contributed by atoms with van der Waals surface area (Å²) in [5.41, 5.74) is -0.428. The summed E-state index contributed by atoms with van der Waals surface area (Å²) in [7, 11) is 1.45. The van der Waals surface area contributed by atoms with Crippen molar-refractivity contribution in [3.8, 4) is 0 Å². The number of aliphatic hydroxyl groups excluding tert-OH is 1. The van der Waals surface area contributed by atoms with Crippen LogP contribution in [0.3, 0.4) is 0 Å². The molecule has 0 aromatic heterocycles. The Labute approximate surface area is 219 Å². The number of rotatable bonds is 1. The lowest BCUT2D eigenvalue weighted by Gasteiger charge is -2.72. The van der Waals surface area contributed by atoms with E-state index in [1.54, 1.807) is 0 Å². The molecule has 4 heteroatoms. The predicted octanol–water partition coefficient (Wildman–Crippen LogP) is 6.89. The Kier molecular flexibility index (Phi) is 5.50. The van der Waals surface area contributed by atoms with Crippen molar-refractivity contribution < 1.29 is 19.4 Å². The Hall–Kier alpha value is -1.16. The molecule has 0 aromatic carbocycles. The molecule has 8 atom stereocenters. The summed E-state index contributed by atoms with van der Waals surface area (Å²) >= 11 is 0. The zero-order valence-corrected chi connectivity index (χ0v) is 24.3. The van der Waals surface area contributed by atoms with Crippen LogP contribution in [0.5, 0.6) is 0 Å². The number of hydrogen-bond acceptors (Lipinski definition) is 4. The van der Waals surface area contributed by atoms with Gasteiger partial charge >= 0.3 is 5.97 Å². The molecule has 5 aliphatic carbocycles. The van der Waals surface area contributed by atoms with Crippen LogP contribution in [0.15, 0.2) is 11.6 Å². The average molecular weight is 499 g/mol. The van der Waals surface area contributed by atoms with Crippen LogP contribution >= 0.6 is 0 Å². The topological polar surface area (TPSA) is 63.6 Å². The molecule has 0 aliphatic heterocycles. The fourth-order valence-electron chi connectivity index (χ4n) is 11.5. The fraction of sp³-hybridized carbons (Fsp3) is 0.875. The summed E-state index contributed by atoms with van der Waals surface area (Å²) in [6.45, 7) is 18.7. The van der Waals surface area contributed by atoms with Crippen LogP contribution < -0.4 is 0 Å². The normalized spacial score (nSPS) is 51.1. The number of carbonyl (C=O) groups is 2. The van der Waals surface area contributed by atoms with Gasteiger partial charge in [0, 0.05) is 17.3 Å². The number of carbonyl (C=O) groups excluding carboxylic acids is 2. The van der Waals surface area contributed by atoms with Gasteiger partial charge in [-0.15, -0.1) is 0 Å². The van der Waals surface area contributed by atoms with Crippen molar-refractivity contribution in [3.63, 3.8) is 0 Å². The van der Waals surface area contributed by atoms with E-state index in [0.717, 1.165) is 44.9 Å². The summed E-state index contributed by atoms with van der Waals surface area (Å²) in [5, 5.41) is 10.9. The zero-order valence-electron chi connectivity index (χ0n) is 24.3. The molecule has 5 rings (SSSR count). The maximum atomic E-state index is 14.4. The first kappa shape index (κ1) is 26.4. The van der Waals surface area contributed by atoms with Crippen LogP contribution in [-0.4, -0.2) is 30.1 Å². The van der Waals surface area contributed by atoms with E-state index in [1.807, 2.05) is 0 Å². The molecule has 1 N–H and O–H groups in total. The second-order valence-corrected chi connectivity index (χ2v) is 15.8. The van der Waals surface area contributed by atoms with E-state index in [2.05, 4.69) is 61.5 Å². The van der Waals surface area contributed by atoms with Gasteiger partial charge in [-0.25, -0.2) is 0 Å². The van der Waals surface area contributed by atoms with E-state index in [-0.39, 0.29) is 44.9 Å². The maximum absolute atomic E-state index is 14.4. The van der Waals surface area contributed by atoms with Gasteiger partial charge in [-0.3, -0.25) is 9.59 Å². The molecular formula is C32H50O4. The molecule has 202 valence electrons. The highest BCUT2D eigenvalue weighted by Crippen LogP contribution is 2.77. The Morgan fingerprint density at radius 1 is 0.917 bits per heavy atom. The lowest BCUT2D eigenvalue weighted by Crippen LogP contribution is -2.69. The average Bonchev–Trinajstić information content (AvgIpc) is 2.76. The minimum absolute atomic E-state index is 0.0246. The molecule has 4 nitrogen and oxygen atoms in total. The number of Topliss-reactive ketones (excluding diaryl/α,β-unsaturated/α-hetero) is 1. The number of allylic oxidation sites excluding steroid dienone is 2. The highest BCUT2D eigenvalue weighted by molar-refractivity contribution is 6.07. The summed E-state index contributed by atoms with van der Waals surface area (Å²) < 4.78 is 5.41. The number of aliphatic hydroxyl groups is 1. The fourth-order valence-corrected chi connectivity index (χ4v) is 11.5. The molecule has 4 saturated carbocycles. The van der Waals surface area contributed by atoms with Gasteiger partial charge in [-0.1, -0.05) is 67.0 Å². The standard InChI is InChI=1S/C32H50O4/c1-26(2)16-17-32(25(35)36-9)24(34)18-30(7)22(31(32,8)19-26)11-10-21-28(5)14-13-23(33)27(3,4)20(28)12-15-29(21,30)6/h11,20-21,23,33H,10,12-19H2,1-9H3/t20?,21?,23-,28-,29+,30+,31-,32+/m0/s1. The quantitative estimate of drug-likeness (QED) is 0.243. The van der Waals surface area contributed by atoms with E-state index in [4.69, 9.17) is 4.74 Å². The number of ether oxygens (including phenoxy) is 1. The summed E-state index contributed by atoms with van der Waals surface area (Å²) in [5.74, 6) is 0.728. The molecule has 0 saturated heterocycles. The first-order valence-electron chi connectivity index (χ1n) is 14.5. The van der Waals surface area contributed by atoms with Gasteiger partial charge in [-0.05, 0) is 84.9 Å². The van der Waals surface area contributed by atoms with Gasteiger partial charge in [0.1, 0.15) is 5.41 Å². The number of ketones is 1. The molecule has 5 aliphatic rings. The minimum Gasteiger partial charge on any atom is -0.468 e. The number of hydrogen-bond donors (Lipinski definition) is 1. The minimum atomic E-state index is -1.07. The monoisotopic (exact) mass is 498 g/mol. The Balaban J connectivity index is 1.68. The molecular weight excluding hydrogens is 448 g/mol. The maximum Gasteiger partial charge on any atom is 0.320 e. The van der Waals surface area contributed by atoms with Crippen LogP contribution in [0.4, 0.5) is 0 Å². The molecule has 0 radical (unpaired) electrons. The SMILES string of the molecule is COC(=O)[C@]12CCC(C)(C)C[C@@]1(C)C1=CCC3[C@@]4(C)CC[C@H](O)C(C)(C)C4CC[C@@]3(C)[C@]1(C)CC2=O. The Morgan fingerprint density at radius 3 is 2.22 bits per heavy atom. The van der Waals surface area contributed by atoms with Crippen molar-refractivity contribution >= 4 is 11.8 Å². The van der Waals surface area contributed by atoms with E-state index >= 15 is 0 Å². The Morgan fingerprint density at radius 2 is 1.58 bits per heavy atom. The Bertz CT molecular complexity index is 1020. The van der Waals surface area contributed by atoms with Crippen LogP contribution in [0, 0.1) is 49.7 Å². The van der Waals surface area contributed by atoms with Crippen molar-refractivity contribution in [2.24, 2.45) is 49.7 Å². The third kappa shape index (κ3) is 2.86. The van der Waals surface area contributed by atoms with Gasteiger partial charge in [0.25, 0.3) is 0 Å². The van der Waals surface area contributed by atoms with Crippen LogP contribution in [0.25, 0.3) is 0 Å². The number of esters is 1. The number of fused-ring (bicyclic) bond motifs is 7. The predicted molar refractivity (Wildman–Crippen MR) is 142 cm³/mol. The number of methoxy groups -OCH3 is 1. The molecule has 0 aromatic rings. The van der Waals surface area contributed by atoms with Gasteiger partial charge in [0.2, 0.25) is 0 Å². The largest absolute Gasteiger partial charge is 0.468 e. The van der Waals surface area contributed by atoms with Crippen LogP contribution in [0.2, 0.25) is 0 Å². The second-order valence-electron chi connectivity index (χ2n) is 15.8. The molecule has 0 amide bonds. The van der Waals surface area contributed by atoms with Gasteiger partial charge < -0.3 is 9.84 Å². The highest BCUT2D eigenvalue weighted by Gasteiger charge is 2.75. The third-order valence-corrected chi connectivity index (χ3v) is 13.5. The lowest BCUT2D eigenvalue weighted by atomic mass is 9.31. The molecule has 4 fully saturated rings. The molecule has 36 heavy (non-hydrogen) atoms. The molecule has 0 spiro atoms. The molecule has 0 bridgehead atoms. The van der Waals surface area contributed by atoms with Crippen LogP contribution in [0.1, 0.15) is 113 Å². The summed E-state index contributed by atoms with van der Waals surface area (Å²) in [4.78, 5) is 27.9. The van der Waals surface area contributed by atoms with E-state index in [9.17, 15) is 14.7 Å². The van der Waals surface area contributed by atoms with Gasteiger partial charge in [-0.2, -0.15) is 0 Å². The lowest BCUT2D eigenvalue weighted by molar-refractivity contribution is -0.211. The van der Waals surface area contributed by atoms with Crippen molar-refractivity contribution in [2.75, 3.05) is 7.11 Å². The third-order valence-electron chi connectivity index (χ3n) is 13.5. The second kappa shape index (κ2) is 7.48. The first-order valence-corrected chi connectivity index (χ1v) is 14.5. The summed E-state index contributed by atoms with van der Waals surface area (Å²) in [6, 6.07) is 0. The van der Waals surface area contributed by atoms with E-state index in [0.29, 0.717) is 24.7 Å². The molecule has 0 heterocycles. The smallest absolute Gasteiger partial charge is 0.320 e. The van der Waals surface area contributed by atoms with Crippen molar-refractivity contribution in [2.45, 2.75) is 119 Å². The summed E-state index contributed by atoms with van der Waals surface area (Å²) in [6.07, 6.45) is 10.0. The highest BCUT2D eigenvalue weighted by atomic mass is 16.5. The van der Waals surface area contributed by atoms with Crippen molar-refractivity contribution in [1.82, 2.24) is 0 Å². The van der Waals surface area contributed by atoms with Crippen molar-refractivity contribution in [1.29, 1.82) is 0 Å². The van der Waals surface area contributed by atoms with E-state index in [1.165, 1.54) is 12.7 Å². The molecule has 2 unspecified atom stereocenters. The van der Waals surface area contributed by atoms with E-state index < -0.39 is 10.8 Å². The van der Waals surface area contributed by atoms with Crippen LogP contribution in [-0.2, 0) is 14.3 Å². The zero-order chi connectivity index (χ0) is 26.7.